The van der Waals surface area contributed by atoms with Crippen molar-refractivity contribution in [3.05, 3.63) is 68.4 Å². The smallest absolute Gasteiger partial charge is 0.231 e. The lowest BCUT2D eigenvalue weighted by Gasteiger charge is -2.20. The first-order valence-corrected chi connectivity index (χ1v) is 9.15. The normalized spacial score (nSPS) is 16.0. The number of halogens is 4. The predicted molar refractivity (Wildman–Crippen MR) is 100 cm³/mol. The average molecular weight is 415 g/mol. The van der Waals surface area contributed by atoms with E-state index in [0.29, 0.717) is 40.3 Å². The maximum Gasteiger partial charge on any atom is 0.231 e. The van der Waals surface area contributed by atoms with E-state index in [0.717, 1.165) is 0 Å². The van der Waals surface area contributed by atoms with E-state index in [1.165, 1.54) is 12.1 Å². The van der Waals surface area contributed by atoms with E-state index in [1.807, 2.05) is 0 Å². The van der Waals surface area contributed by atoms with Gasteiger partial charge in [0.1, 0.15) is 12.1 Å². The van der Waals surface area contributed by atoms with Gasteiger partial charge in [-0.25, -0.2) is 4.39 Å². The number of aldehydes is 1. The summed E-state index contributed by atoms with van der Waals surface area (Å²) in [6, 6.07) is 8.45. The first-order valence-electron chi connectivity index (χ1n) is 8.01. The lowest BCUT2D eigenvalue weighted by atomic mass is 9.93. The molecule has 0 heterocycles. The van der Waals surface area contributed by atoms with Gasteiger partial charge in [0, 0.05) is 27.1 Å². The van der Waals surface area contributed by atoms with Crippen LogP contribution in [-0.4, -0.2) is 18.2 Å². The Balaban J connectivity index is 1.76. The van der Waals surface area contributed by atoms with E-state index in [4.69, 9.17) is 34.8 Å². The van der Waals surface area contributed by atoms with Crippen LogP contribution in [0.3, 0.4) is 0 Å². The van der Waals surface area contributed by atoms with Gasteiger partial charge in [0.15, 0.2) is 0 Å². The average Bonchev–Trinajstić information content (AvgIpc) is 3.38. The van der Waals surface area contributed by atoms with E-state index in [2.05, 4.69) is 5.32 Å². The number of nitrogens with one attached hydrogen (secondary N) is 1. The second kappa shape index (κ2) is 7.55. The molecule has 3 rings (SSSR count). The number of carbonyl (C=O) groups is 2. The molecule has 0 aliphatic heterocycles. The predicted octanol–water partition coefficient (Wildman–Crippen LogP) is 4.74. The third-order valence-corrected chi connectivity index (χ3v) is 5.39. The Labute approximate surface area is 165 Å². The molecule has 1 unspecified atom stereocenters. The van der Waals surface area contributed by atoms with E-state index in [9.17, 15) is 14.0 Å². The topological polar surface area (TPSA) is 46.2 Å². The maximum absolute atomic E-state index is 14.2. The van der Waals surface area contributed by atoms with Gasteiger partial charge in [-0.15, -0.1) is 0 Å². The second-order valence-corrected chi connectivity index (χ2v) is 7.64. The minimum atomic E-state index is -0.945. The molecule has 0 radical (unpaired) electrons. The van der Waals surface area contributed by atoms with Crippen molar-refractivity contribution in [2.75, 3.05) is 0 Å². The van der Waals surface area contributed by atoms with E-state index in [1.54, 1.807) is 24.3 Å². The Bertz CT molecular complexity index is 868. The molecule has 1 aliphatic carbocycles. The highest BCUT2D eigenvalue weighted by Gasteiger charge is 2.53. The minimum Gasteiger partial charge on any atom is -0.345 e. The first kappa shape index (κ1) is 19.2. The Kier molecular flexibility index (Phi) is 5.56. The lowest BCUT2D eigenvalue weighted by Crippen LogP contribution is -2.43. The molecule has 0 saturated heterocycles. The minimum absolute atomic E-state index is 0.227. The molecule has 1 saturated carbocycles. The molecule has 0 aromatic heterocycles. The van der Waals surface area contributed by atoms with Gasteiger partial charge in [0.2, 0.25) is 5.91 Å². The Morgan fingerprint density at radius 2 is 1.81 bits per heavy atom. The van der Waals surface area contributed by atoms with Crippen molar-refractivity contribution >= 4 is 47.0 Å². The van der Waals surface area contributed by atoms with Crippen LogP contribution >= 0.6 is 34.8 Å². The second-order valence-electron chi connectivity index (χ2n) is 6.36. The van der Waals surface area contributed by atoms with E-state index in [-0.39, 0.29) is 17.4 Å². The van der Waals surface area contributed by atoms with Crippen molar-refractivity contribution < 1.29 is 14.0 Å². The van der Waals surface area contributed by atoms with Crippen LogP contribution < -0.4 is 5.32 Å². The van der Waals surface area contributed by atoms with Gasteiger partial charge in [-0.3, -0.25) is 4.79 Å². The molecule has 7 heteroatoms. The third-order valence-electron chi connectivity index (χ3n) is 4.57. The van der Waals surface area contributed by atoms with Crippen molar-refractivity contribution in [2.45, 2.75) is 30.7 Å². The van der Waals surface area contributed by atoms with Gasteiger partial charge in [-0.1, -0.05) is 46.9 Å². The molecule has 2 aromatic carbocycles. The molecule has 1 N–H and O–H groups in total. The maximum atomic E-state index is 14.2. The number of hydrogen-bond donors (Lipinski definition) is 1. The monoisotopic (exact) mass is 413 g/mol. The summed E-state index contributed by atoms with van der Waals surface area (Å²) in [6.45, 7) is 0. The van der Waals surface area contributed by atoms with Crippen LogP contribution in [0, 0.1) is 5.82 Å². The van der Waals surface area contributed by atoms with Crippen molar-refractivity contribution in [3.8, 4) is 0 Å². The van der Waals surface area contributed by atoms with Crippen LogP contribution in [0.1, 0.15) is 24.0 Å². The van der Waals surface area contributed by atoms with E-state index >= 15 is 0 Å². The van der Waals surface area contributed by atoms with Gasteiger partial charge >= 0.3 is 0 Å². The van der Waals surface area contributed by atoms with Crippen LogP contribution in [-0.2, 0) is 21.4 Å². The van der Waals surface area contributed by atoms with Crippen LogP contribution in [0.4, 0.5) is 4.39 Å². The molecule has 2 aromatic rings. The quantitative estimate of drug-likeness (QED) is 0.694. The molecule has 3 nitrogen and oxygen atoms in total. The molecular weight excluding hydrogens is 400 g/mol. The number of carbonyl (C=O) groups excluding carboxylic acids is 2. The fourth-order valence-corrected chi connectivity index (χ4v) is 3.63. The lowest BCUT2D eigenvalue weighted by molar-refractivity contribution is -0.126. The summed E-state index contributed by atoms with van der Waals surface area (Å²) >= 11 is 17.8. The Morgan fingerprint density at radius 1 is 1.15 bits per heavy atom. The van der Waals surface area contributed by atoms with Crippen LogP contribution in [0.25, 0.3) is 0 Å². The van der Waals surface area contributed by atoms with Gasteiger partial charge in [0.25, 0.3) is 0 Å². The summed E-state index contributed by atoms with van der Waals surface area (Å²) in [5, 5.41) is 3.88. The molecule has 0 spiro atoms. The standard InChI is InChI=1S/C19H15Cl3FNO2/c20-12-2-1-11(16(22)8-12)7-14(10-25)24-18(26)19(5-6-19)15-4-3-13(21)9-17(15)23/h1-4,8-10,14H,5-7H2,(H,24,26). The Hall–Kier alpha value is -1.62. The number of rotatable bonds is 6. The zero-order valence-corrected chi connectivity index (χ0v) is 15.8. The van der Waals surface area contributed by atoms with Gasteiger partial charge in [0.05, 0.1) is 11.5 Å². The van der Waals surface area contributed by atoms with Gasteiger partial charge in [-0.2, -0.15) is 0 Å². The summed E-state index contributed by atoms with van der Waals surface area (Å²) in [7, 11) is 0. The first-order chi connectivity index (χ1) is 12.4. The summed E-state index contributed by atoms with van der Waals surface area (Å²) in [5.74, 6) is -0.894. The molecule has 136 valence electrons. The number of amides is 1. The summed E-state index contributed by atoms with van der Waals surface area (Å²) in [5.41, 5.74) is 0.0456. The van der Waals surface area contributed by atoms with Crippen molar-refractivity contribution in [3.63, 3.8) is 0 Å². The summed E-state index contributed by atoms with van der Waals surface area (Å²) in [4.78, 5) is 24.2. The van der Waals surface area contributed by atoms with Crippen LogP contribution in [0.5, 0.6) is 0 Å². The molecule has 1 amide bonds. The molecule has 1 atom stereocenters. The fourth-order valence-electron chi connectivity index (χ4n) is 2.99. The third kappa shape index (κ3) is 3.88. The van der Waals surface area contributed by atoms with Crippen molar-refractivity contribution in [1.82, 2.24) is 5.32 Å². The van der Waals surface area contributed by atoms with Crippen LogP contribution in [0.15, 0.2) is 36.4 Å². The fraction of sp³-hybridized carbons (Fsp3) is 0.263. The SMILES string of the molecule is O=CC(Cc1ccc(Cl)cc1Cl)NC(=O)C1(c2ccc(Cl)cc2F)CC1. The zero-order chi connectivity index (χ0) is 18.9. The number of benzene rings is 2. The highest BCUT2D eigenvalue weighted by atomic mass is 35.5. The zero-order valence-electron chi connectivity index (χ0n) is 13.6. The van der Waals surface area contributed by atoms with E-state index < -0.39 is 17.3 Å². The highest BCUT2D eigenvalue weighted by molar-refractivity contribution is 6.35. The largest absolute Gasteiger partial charge is 0.345 e. The molecule has 1 aliphatic rings. The molecule has 0 bridgehead atoms. The van der Waals surface area contributed by atoms with Gasteiger partial charge < -0.3 is 10.1 Å². The number of hydrogen-bond acceptors (Lipinski definition) is 2. The van der Waals surface area contributed by atoms with Crippen molar-refractivity contribution in [2.24, 2.45) is 0 Å². The molecule has 1 fully saturated rings. The van der Waals surface area contributed by atoms with Crippen molar-refractivity contribution in [1.29, 1.82) is 0 Å². The Morgan fingerprint density at radius 3 is 2.38 bits per heavy atom. The van der Waals surface area contributed by atoms with Gasteiger partial charge in [-0.05, 0) is 42.7 Å². The summed E-state index contributed by atoms with van der Waals surface area (Å²) < 4.78 is 14.2. The summed E-state index contributed by atoms with van der Waals surface area (Å²) in [6.07, 6.45) is 1.91. The molecule has 26 heavy (non-hydrogen) atoms. The van der Waals surface area contributed by atoms with Crippen LogP contribution in [0.2, 0.25) is 15.1 Å². The highest BCUT2D eigenvalue weighted by Crippen LogP contribution is 2.49. The molecular formula is C19H15Cl3FNO2.